The van der Waals surface area contributed by atoms with Crippen LogP contribution < -0.4 is 4.74 Å². The summed E-state index contributed by atoms with van der Waals surface area (Å²) in [5.41, 5.74) is 2.43. The van der Waals surface area contributed by atoms with Crippen molar-refractivity contribution in [2.24, 2.45) is 0 Å². The molecule has 0 unspecified atom stereocenters. The van der Waals surface area contributed by atoms with E-state index in [1.165, 1.54) is 11.1 Å². The molecular weight excluding hydrogens is 228 g/mol. The van der Waals surface area contributed by atoms with E-state index in [-0.39, 0.29) is 0 Å². The lowest BCUT2D eigenvalue weighted by Crippen LogP contribution is -2.00. The number of halogens is 1. The van der Waals surface area contributed by atoms with Gasteiger partial charge in [0.1, 0.15) is 5.75 Å². The van der Waals surface area contributed by atoms with Crippen LogP contribution in [0.2, 0.25) is 0 Å². The molecule has 72 valence electrons. The van der Waals surface area contributed by atoms with Gasteiger partial charge in [-0.25, -0.2) is 0 Å². The van der Waals surface area contributed by atoms with E-state index in [9.17, 15) is 0 Å². The smallest absolute Gasteiger partial charge is 0.125 e. The monoisotopic (exact) mass is 242 g/mol. The van der Waals surface area contributed by atoms with E-state index >= 15 is 0 Å². The van der Waals surface area contributed by atoms with Gasteiger partial charge < -0.3 is 4.74 Å². The van der Waals surface area contributed by atoms with Crippen LogP contribution >= 0.6 is 15.9 Å². The van der Waals surface area contributed by atoms with E-state index in [1.54, 1.807) is 0 Å². The standard InChI is InChI=1S/C11H15BrO/c1-9-5-3-6-10(2)11(9)13-8-4-7-12/h3,5-6H,4,7-8H2,1-2H3. The zero-order valence-corrected chi connectivity index (χ0v) is 9.73. The Balaban J connectivity index is 2.64. The first kappa shape index (κ1) is 10.6. The summed E-state index contributed by atoms with van der Waals surface area (Å²) in [6.07, 6.45) is 1.05. The summed E-state index contributed by atoms with van der Waals surface area (Å²) in [7, 11) is 0. The molecule has 0 fully saturated rings. The van der Waals surface area contributed by atoms with Crippen LogP contribution in [0.15, 0.2) is 18.2 Å². The van der Waals surface area contributed by atoms with Crippen molar-refractivity contribution in [1.82, 2.24) is 0 Å². The van der Waals surface area contributed by atoms with E-state index in [2.05, 4.69) is 48.0 Å². The van der Waals surface area contributed by atoms with Crippen LogP contribution in [0.25, 0.3) is 0 Å². The average molecular weight is 243 g/mol. The van der Waals surface area contributed by atoms with Gasteiger partial charge in [0.15, 0.2) is 0 Å². The fourth-order valence-electron chi connectivity index (χ4n) is 1.26. The average Bonchev–Trinajstić information content (AvgIpc) is 2.10. The predicted molar refractivity (Wildman–Crippen MR) is 59.8 cm³/mol. The first-order valence-electron chi connectivity index (χ1n) is 4.50. The summed E-state index contributed by atoms with van der Waals surface area (Å²) in [6, 6.07) is 6.22. The van der Waals surface area contributed by atoms with Crippen LogP contribution in [-0.2, 0) is 0 Å². The lowest BCUT2D eigenvalue weighted by Gasteiger charge is -2.10. The van der Waals surface area contributed by atoms with Gasteiger partial charge in [0.25, 0.3) is 0 Å². The predicted octanol–water partition coefficient (Wildman–Crippen LogP) is 3.47. The van der Waals surface area contributed by atoms with Gasteiger partial charge in [-0.2, -0.15) is 0 Å². The Bertz CT molecular complexity index is 251. The fraction of sp³-hybridized carbons (Fsp3) is 0.455. The third-order valence-electron chi connectivity index (χ3n) is 1.93. The number of ether oxygens (including phenoxy) is 1. The van der Waals surface area contributed by atoms with Crippen molar-refractivity contribution < 1.29 is 4.74 Å². The number of hydrogen-bond donors (Lipinski definition) is 0. The molecule has 1 aromatic rings. The fourth-order valence-corrected chi connectivity index (χ4v) is 1.48. The zero-order chi connectivity index (χ0) is 9.68. The minimum absolute atomic E-state index is 0.789. The number of benzene rings is 1. The summed E-state index contributed by atoms with van der Waals surface area (Å²) in [6.45, 7) is 4.95. The lowest BCUT2D eigenvalue weighted by molar-refractivity contribution is 0.315. The van der Waals surface area contributed by atoms with Crippen LogP contribution in [0.5, 0.6) is 5.75 Å². The summed E-state index contributed by atoms with van der Waals surface area (Å²) >= 11 is 3.38. The van der Waals surface area contributed by atoms with Crippen molar-refractivity contribution in [2.45, 2.75) is 20.3 Å². The van der Waals surface area contributed by atoms with Gasteiger partial charge in [-0.15, -0.1) is 0 Å². The molecule has 0 aliphatic rings. The molecule has 0 saturated heterocycles. The zero-order valence-electron chi connectivity index (χ0n) is 8.14. The molecule has 0 bridgehead atoms. The van der Waals surface area contributed by atoms with E-state index in [4.69, 9.17) is 4.74 Å². The molecule has 13 heavy (non-hydrogen) atoms. The van der Waals surface area contributed by atoms with Gasteiger partial charge in [0.2, 0.25) is 0 Å². The van der Waals surface area contributed by atoms with E-state index in [0.29, 0.717) is 0 Å². The second-order valence-corrected chi connectivity index (χ2v) is 3.90. The van der Waals surface area contributed by atoms with Gasteiger partial charge in [-0.3, -0.25) is 0 Å². The Morgan fingerprint density at radius 1 is 1.23 bits per heavy atom. The molecule has 0 heterocycles. The third-order valence-corrected chi connectivity index (χ3v) is 2.49. The normalized spacial score (nSPS) is 10.1. The molecule has 0 atom stereocenters. The molecule has 1 aromatic carbocycles. The molecule has 0 amide bonds. The Labute approximate surface area is 88.2 Å². The number of alkyl halides is 1. The van der Waals surface area contributed by atoms with E-state index in [1.807, 2.05) is 0 Å². The molecule has 1 nitrogen and oxygen atoms in total. The van der Waals surface area contributed by atoms with E-state index in [0.717, 1.165) is 24.1 Å². The Hall–Kier alpha value is -0.500. The maximum Gasteiger partial charge on any atom is 0.125 e. The highest BCUT2D eigenvalue weighted by molar-refractivity contribution is 9.09. The molecule has 0 saturated carbocycles. The number of para-hydroxylation sites is 1. The van der Waals surface area contributed by atoms with Gasteiger partial charge >= 0.3 is 0 Å². The summed E-state index contributed by atoms with van der Waals surface area (Å²) in [5, 5.41) is 0.998. The number of hydrogen-bond acceptors (Lipinski definition) is 1. The SMILES string of the molecule is Cc1cccc(C)c1OCCCBr. The van der Waals surface area contributed by atoms with Crippen LogP contribution in [0, 0.1) is 13.8 Å². The number of rotatable bonds is 4. The van der Waals surface area contributed by atoms with Gasteiger partial charge in [0.05, 0.1) is 6.61 Å². The molecule has 0 N–H and O–H groups in total. The Kier molecular flexibility index (Phi) is 4.29. The highest BCUT2D eigenvalue weighted by Crippen LogP contribution is 2.22. The summed E-state index contributed by atoms with van der Waals surface area (Å²) in [4.78, 5) is 0. The van der Waals surface area contributed by atoms with E-state index < -0.39 is 0 Å². The topological polar surface area (TPSA) is 9.23 Å². The lowest BCUT2D eigenvalue weighted by atomic mass is 10.1. The second-order valence-electron chi connectivity index (χ2n) is 3.11. The van der Waals surface area contributed by atoms with Crippen molar-refractivity contribution in [3.8, 4) is 5.75 Å². The molecule has 2 heteroatoms. The van der Waals surface area contributed by atoms with Crippen molar-refractivity contribution >= 4 is 15.9 Å². The molecule has 0 aromatic heterocycles. The second kappa shape index (κ2) is 5.28. The minimum Gasteiger partial charge on any atom is -0.493 e. The van der Waals surface area contributed by atoms with Crippen LogP contribution in [0.3, 0.4) is 0 Å². The largest absolute Gasteiger partial charge is 0.493 e. The molecule has 0 spiro atoms. The third kappa shape index (κ3) is 3.03. The molecular formula is C11H15BrO. The molecule has 0 aliphatic heterocycles. The summed E-state index contributed by atoms with van der Waals surface area (Å²) in [5.74, 6) is 1.04. The maximum atomic E-state index is 5.68. The Morgan fingerprint density at radius 3 is 2.38 bits per heavy atom. The van der Waals surface area contributed by atoms with Crippen LogP contribution in [0.1, 0.15) is 17.5 Å². The van der Waals surface area contributed by atoms with Crippen LogP contribution in [-0.4, -0.2) is 11.9 Å². The molecule has 0 radical (unpaired) electrons. The van der Waals surface area contributed by atoms with Gasteiger partial charge in [-0.1, -0.05) is 34.1 Å². The minimum atomic E-state index is 0.789. The highest BCUT2D eigenvalue weighted by atomic mass is 79.9. The van der Waals surface area contributed by atoms with Crippen LogP contribution in [0.4, 0.5) is 0 Å². The van der Waals surface area contributed by atoms with Crippen molar-refractivity contribution in [3.05, 3.63) is 29.3 Å². The van der Waals surface area contributed by atoms with Gasteiger partial charge in [-0.05, 0) is 31.4 Å². The quantitative estimate of drug-likeness (QED) is 0.581. The molecule has 1 rings (SSSR count). The van der Waals surface area contributed by atoms with Crippen molar-refractivity contribution in [2.75, 3.05) is 11.9 Å². The van der Waals surface area contributed by atoms with Crippen molar-refractivity contribution in [1.29, 1.82) is 0 Å². The maximum absolute atomic E-state index is 5.68. The van der Waals surface area contributed by atoms with Crippen molar-refractivity contribution in [3.63, 3.8) is 0 Å². The number of aryl methyl sites for hydroxylation is 2. The molecule has 0 aliphatic carbocycles. The van der Waals surface area contributed by atoms with Gasteiger partial charge in [0, 0.05) is 5.33 Å². The summed E-state index contributed by atoms with van der Waals surface area (Å²) < 4.78 is 5.68. The highest BCUT2D eigenvalue weighted by Gasteiger charge is 2.01. The Morgan fingerprint density at radius 2 is 1.85 bits per heavy atom. The first-order chi connectivity index (χ1) is 6.25. The first-order valence-corrected chi connectivity index (χ1v) is 5.63.